The Morgan fingerprint density at radius 2 is 1.76 bits per heavy atom. The van der Waals surface area contributed by atoms with Crippen molar-refractivity contribution in [2.75, 3.05) is 17.1 Å². The number of hydrogen-bond donors (Lipinski definition) is 1. The maximum absolute atomic E-state index is 13.6. The third kappa shape index (κ3) is 8.36. The van der Waals surface area contributed by atoms with Crippen molar-refractivity contribution in [3.05, 3.63) is 64.2 Å². The minimum Gasteiger partial charge on any atom is -0.352 e. The van der Waals surface area contributed by atoms with E-state index in [9.17, 15) is 31.2 Å². The van der Waals surface area contributed by atoms with Gasteiger partial charge in [0.05, 0.1) is 22.5 Å². The average molecular weight is 562 g/mol. The molecular formula is C25H31ClF3N3O4S. The van der Waals surface area contributed by atoms with Gasteiger partial charge >= 0.3 is 6.18 Å². The SMILES string of the molecule is CCC(C(=O)NC(C)C)N(Cc1cccc(C)c1)C(=O)CN(c1ccc(Cl)c(C(F)(F)F)c1)S(C)(=O)=O. The van der Waals surface area contributed by atoms with Gasteiger partial charge in [0.1, 0.15) is 12.6 Å². The molecule has 0 aliphatic heterocycles. The van der Waals surface area contributed by atoms with E-state index < -0.39 is 51.2 Å². The lowest BCUT2D eigenvalue weighted by Gasteiger charge is -2.33. The van der Waals surface area contributed by atoms with Crippen molar-refractivity contribution in [2.24, 2.45) is 0 Å². The van der Waals surface area contributed by atoms with Crippen LogP contribution >= 0.6 is 11.6 Å². The van der Waals surface area contributed by atoms with Crippen molar-refractivity contribution in [1.82, 2.24) is 10.2 Å². The quantitative estimate of drug-likeness (QED) is 0.453. The molecule has 2 amide bonds. The second-order valence-corrected chi connectivity index (χ2v) is 11.3. The first-order valence-electron chi connectivity index (χ1n) is 11.5. The van der Waals surface area contributed by atoms with Crippen LogP contribution in [-0.4, -0.2) is 50.0 Å². The Labute approximate surface area is 220 Å². The number of benzene rings is 2. The summed E-state index contributed by atoms with van der Waals surface area (Å²) in [6.07, 6.45) is -3.82. The van der Waals surface area contributed by atoms with Gasteiger partial charge in [-0.2, -0.15) is 13.2 Å². The zero-order valence-corrected chi connectivity index (χ0v) is 22.8. The molecule has 2 aromatic rings. The first-order chi connectivity index (χ1) is 17.0. The number of nitrogens with one attached hydrogen (secondary N) is 1. The van der Waals surface area contributed by atoms with Crippen molar-refractivity contribution in [3.8, 4) is 0 Å². The standard InChI is InChI=1S/C25H31ClF3N3O4S/c1-6-22(24(34)30-16(2)3)31(14-18-9-7-8-17(4)12-18)23(33)15-32(37(5,35)36)19-10-11-21(26)20(13-19)25(27,28)29/h7-13,16,22H,6,14-15H2,1-5H3,(H,30,34). The van der Waals surface area contributed by atoms with Crippen molar-refractivity contribution in [1.29, 1.82) is 0 Å². The number of carbonyl (C=O) groups excluding carboxylic acids is 2. The molecule has 1 unspecified atom stereocenters. The molecule has 2 rings (SSSR count). The van der Waals surface area contributed by atoms with Crippen LogP contribution in [0.4, 0.5) is 18.9 Å². The Hall–Kier alpha value is -2.79. The third-order valence-corrected chi connectivity index (χ3v) is 6.94. The zero-order valence-electron chi connectivity index (χ0n) is 21.3. The molecule has 0 radical (unpaired) electrons. The van der Waals surface area contributed by atoms with Crippen LogP contribution < -0.4 is 9.62 Å². The lowest BCUT2D eigenvalue weighted by Crippen LogP contribution is -2.53. The van der Waals surface area contributed by atoms with E-state index in [-0.39, 0.29) is 24.7 Å². The molecule has 204 valence electrons. The van der Waals surface area contributed by atoms with Crippen LogP contribution in [0.3, 0.4) is 0 Å². The van der Waals surface area contributed by atoms with Crippen molar-refractivity contribution < 1.29 is 31.2 Å². The summed E-state index contributed by atoms with van der Waals surface area (Å²) in [4.78, 5) is 27.8. The summed E-state index contributed by atoms with van der Waals surface area (Å²) in [7, 11) is -4.20. The molecule has 37 heavy (non-hydrogen) atoms. The van der Waals surface area contributed by atoms with E-state index in [2.05, 4.69) is 5.32 Å². The fourth-order valence-electron chi connectivity index (χ4n) is 3.81. The highest BCUT2D eigenvalue weighted by Gasteiger charge is 2.36. The van der Waals surface area contributed by atoms with E-state index >= 15 is 0 Å². The van der Waals surface area contributed by atoms with Gasteiger partial charge in [0.2, 0.25) is 21.8 Å². The normalized spacial score (nSPS) is 12.8. The number of amides is 2. The molecule has 7 nitrogen and oxygen atoms in total. The number of sulfonamides is 1. The molecule has 0 aliphatic rings. The molecule has 0 saturated carbocycles. The smallest absolute Gasteiger partial charge is 0.352 e. The molecule has 0 aliphatic carbocycles. The highest BCUT2D eigenvalue weighted by molar-refractivity contribution is 7.92. The van der Waals surface area contributed by atoms with E-state index in [1.165, 1.54) is 4.90 Å². The van der Waals surface area contributed by atoms with Crippen molar-refractivity contribution in [3.63, 3.8) is 0 Å². The highest BCUT2D eigenvalue weighted by Crippen LogP contribution is 2.37. The van der Waals surface area contributed by atoms with Gasteiger partial charge in [-0.05, 0) is 51.0 Å². The number of nitrogens with zero attached hydrogens (tertiary/aromatic N) is 2. The van der Waals surface area contributed by atoms with Crippen molar-refractivity contribution >= 4 is 39.1 Å². The Bertz CT molecular complexity index is 1240. The summed E-state index contributed by atoms with van der Waals surface area (Å²) in [5.74, 6) is -1.17. The fraction of sp³-hybridized carbons (Fsp3) is 0.440. The lowest BCUT2D eigenvalue weighted by molar-refractivity contribution is -0.140. The van der Waals surface area contributed by atoms with Gasteiger partial charge in [0, 0.05) is 12.6 Å². The summed E-state index contributed by atoms with van der Waals surface area (Å²) < 4.78 is 66.1. The Morgan fingerprint density at radius 1 is 1.11 bits per heavy atom. The monoisotopic (exact) mass is 561 g/mol. The van der Waals surface area contributed by atoms with E-state index in [4.69, 9.17) is 11.6 Å². The Balaban J connectivity index is 2.53. The number of alkyl halides is 3. The molecule has 2 aromatic carbocycles. The first kappa shape index (κ1) is 30.4. The minimum absolute atomic E-state index is 0.00342. The predicted octanol–water partition coefficient (Wildman–Crippen LogP) is 4.77. The van der Waals surface area contributed by atoms with E-state index in [1.807, 2.05) is 19.1 Å². The summed E-state index contributed by atoms with van der Waals surface area (Å²) >= 11 is 5.69. The topological polar surface area (TPSA) is 86.8 Å². The number of hydrogen-bond acceptors (Lipinski definition) is 4. The zero-order chi connectivity index (χ0) is 28.1. The molecule has 0 spiro atoms. The minimum atomic E-state index is -4.83. The summed E-state index contributed by atoms with van der Waals surface area (Å²) in [6, 6.07) is 8.72. The van der Waals surface area contributed by atoms with E-state index in [0.29, 0.717) is 15.9 Å². The third-order valence-electron chi connectivity index (χ3n) is 5.47. The van der Waals surface area contributed by atoms with Crippen LogP contribution in [-0.2, 0) is 32.3 Å². The van der Waals surface area contributed by atoms with Gasteiger partial charge in [0.25, 0.3) is 0 Å². The van der Waals surface area contributed by atoms with Gasteiger partial charge in [-0.15, -0.1) is 0 Å². The molecule has 0 fully saturated rings. The number of anilines is 1. The van der Waals surface area contributed by atoms with Crippen LogP contribution in [0.15, 0.2) is 42.5 Å². The van der Waals surface area contributed by atoms with Crippen LogP contribution in [0.1, 0.15) is 43.9 Å². The van der Waals surface area contributed by atoms with Crippen LogP contribution in [0.25, 0.3) is 0 Å². The van der Waals surface area contributed by atoms with E-state index in [0.717, 1.165) is 24.0 Å². The second kappa shape index (κ2) is 12.2. The molecule has 0 saturated heterocycles. The summed E-state index contributed by atoms with van der Waals surface area (Å²) in [5.41, 5.74) is 0.0268. The molecule has 1 N–H and O–H groups in total. The molecule has 1 atom stereocenters. The number of halogens is 4. The van der Waals surface area contributed by atoms with Gasteiger partial charge < -0.3 is 10.2 Å². The van der Waals surface area contributed by atoms with Gasteiger partial charge in [-0.1, -0.05) is 48.4 Å². The molecular weight excluding hydrogens is 531 g/mol. The van der Waals surface area contributed by atoms with E-state index in [1.54, 1.807) is 32.9 Å². The van der Waals surface area contributed by atoms with Gasteiger partial charge in [-0.25, -0.2) is 8.42 Å². The van der Waals surface area contributed by atoms with Gasteiger partial charge in [0.15, 0.2) is 0 Å². The molecule has 12 heteroatoms. The average Bonchev–Trinajstić information content (AvgIpc) is 2.75. The van der Waals surface area contributed by atoms with Crippen molar-refractivity contribution in [2.45, 2.75) is 58.9 Å². The Kier molecular flexibility index (Phi) is 10.0. The summed E-state index contributed by atoms with van der Waals surface area (Å²) in [5, 5.41) is 2.16. The molecule has 0 bridgehead atoms. The largest absolute Gasteiger partial charge is 0.417 e. The summed E-state index contributed by atoms with van der Waals surface area (Å²) in [6.45, 7) is 6.29. The predicted molar refractivity (Wildman–Crippen MR) is 138 cm³/mol. The first-order valence-corrected chi connectivity index (χ1v) is 13.8. The molecule has 0 aromatic heterocycles. The van der Waals surface area contributed by atoms with Crippen LogP contribution in [0, 0.1) is 6.92 Å². The van der Waals surface area contributed by atoms with Crippen LogP contribution in [0.5, 0.6) is 0 Å². The van der Waals surface area contributed by atoms with Gasteiger partial charge in [-0.3, -0.25) is 13.9 Å². The lowest BCUT2D eigenvalue weighted by atomic mass is 10.1. The fourth-order valence-corrected chi connectivity index (χ4v) is 4.87. The molecule has 0 heterocycles. The maximum Gasteiger partial charge on any atom is 0.417 e. The highest BCUT2D eigenvalue weighted by atomic mass is 35.5. The van der Waals surface area contributed by atoms with Crippen LogP contribution in [0.2, 0.25) is 5.02 Å². The second-order valence-electron chi connectivity index (χ2n) is 9.03. The Morgan fingerprint density at radius 3 is 2.27 bits per heavy atom. The number of rotatable bonds is 10. The maximum atomic E-state index is 13.6. The number of aryl methyl sites for hydroxylation is 1. The number of carbonyl (C=O) groups is 2.